The fraction of sp³-hybridized carbons (Fsp3) is 0.500. The summed E-state index contributed by atoms with van der Waals surface area (Å²) in [5.41, 5.74) is 0. The molecule has 1 aromatic rings. The standard InChI is InChI=1S/C12H15NO6/c1-17-7-8-2-3-9(19-8)11(14)13-4-5-18-10(6-13)12(15)16/h2-3,10H,4-7H2,1H3,(H,15,16). The molecule has 1 aliphatic heterocycles. The Morgan fingerprint density at radius 3 is 3.00 bits per heavy atom. The number of amides is 1. The second-order valence-corrected chi connectivity index (χ2v) is 4.15. The molecule has 1 saturated heterocycles. The molecule has 19 heavy (non-hydrogen) atoms. The third kappa shape index (κ3) is 3.12. The smallest absolute Gasteiger partial charge is 0.334 e. The summed E-state index contributed by atoms with van der Waals surface area (Å²) >= 11 is 0. The summed E-state index contributed by atoms with van der Waals surface area (Å²) in [6.07, 6.45) is -0.980. The number of nitrogens with zero attached hydrogens (tertiary/aromatic N) is 1. The number of rotatable bonds is 4. The summed E-state index contributed by atoms with van der Waals surface area (Å²) < 4.78 is 15.3. The van der Waals surface area contributed by atoms with E-state index in [1.165, 1.54) is 12.0 Å². The van der Waals surface area contributed by atoms with Gasteiger partial charge in [-0.1, -0.05) is 0 Å². The lowest BCUT2D eigenvalue weighted by Crippen LogP contribution is -2.48. The molecular formula is C12H15NO6. The highest BCUT2D eigenvalue weighted by molar-refractivity contribution is 5.92. The lowest BCUT2D eigenvalue weighted by Gasteiger charge is -2.30. The minimum absolute atomic E-state index is 0.0223. The van der Waals surface area contributed by atoms with Gasteiger partial charge in [0.2, 0.25) is 0 Å². The van der Waals surface area contributed by atoms with E-state index in [4.69, 9.17) is 19.0 Å². The Kier molecular flexibility index (Phi) is 4.18. The van der Waals surface area contributed by atoms with Crippen molar-refractivity contribution in [3.63, 3.8) is 0 Å². The Bertz CT molecular complexity index is 469. The molecule has 1 amide bonds. The third-order valence-corrected chi connectivity index (χ3v) is 2.79. The molecule has 7 nitrogen and oxygen atoms in total. The average molecular weight is 269 g/mol. The molecule has 0 bridgehead atoms. The van der Waals surface area contributed by atoms with Gasteiger partial charge in [0.15, 0.2) is 11.9 Å². The van der Waals surface area contributed by atoms with Crippen LogP contribution in [-0.2, 0) is 20.9 Å². The number of carboxylic acid groups (broad SMARTS) is 1. The Morgan fingerprint density at radius 2 is 2.32 bits per heavy atom. The van der Waals surface area contributed by atoms with Gasteiger partial charge in [-0.3, -0.25) is 4.79 Å². The molecule has 0 spiro atoms. The van der Waals surface area contributed by atoms with Gasteiger partial charge in [0.25, 0.3) is 5.91 Å². The summed E-state index contributed by atoms with van der Waals surface area (Å²) in [5, 5.41) is 8.88. The van der Waals surface area contributed by atoms with Gasteiger partial charge in [-0.05, 0) is 12.1 Å². The van der Waals surface area contributed by atoms with Gasteiger partial charge in [0, 0.05) is 13.7 Å². The van der Waals surface area contributed by atoms with Gasteiger partial charge in [-0.25, -0.2) is 4.79 Å². The van der Waals surface area contributed by atoms with Gasteiger partial charge in [0.05, 0.1) is 13.2 Å². The van der Waals surface area contributed by atoms with E-state index in [0.29, 0.717) is 12.3 Å². The summed E-state index contributed by atoms with van der Waals surface area (Å²) in [5.74, 6) is -0.680. The van der Waals surface area contributed by atoms with Gasteiger partial charge < -0.3 is 23.9 Å². The van der Waals surface area contributed by atoms with Crippen LogP contribution in [-0.4, -0.2) is 54.8 Å². The van der Waals surface area contributed by atoms with Crippen LogP contribution in [0.1, 0.15) is 16.3 Å². The number of furan rings is 1. The lowest BCUT2D eigenvalue weighted by atomic mass is 10.2. The molecule has 2 heterocycles. The maximum Gasteiger partial charge on any atom is 0.334 e. The average Bonchev–Trinajstić information content (AvgIpc) is 2.87. The highest BCUT2D eigenvalue weighted by atomic mass is 16.5. The molecule has 104 valence electrons. The normalized spacial score (nSPS) is 19.4. The second kappa shape index (κ2) is 5.85. The van der Waals surface area contributed by atoms with E-state index < -0.39 is 12.1 Å². The van der Waals surface area contributed by atoms with E-state index in [9.17, 15) is 9.59 Å². The zero-order valence-electron chi connectivity index (χ0n) is 10.5. The van der Waals surface area contributed by atoms with Gasteiger partial charge in [0.1, 0.15) is 12.4 Å². The van der Waals surface area contributed by atoms with E-state index in [-0.39, 0.29) is 31.4 Å². The van der Waals surface area contributed by atoms with Crippen molar-refractivity contribution in [2.45, 2.75) is 12.7 Å². The Hall–Kier alpha value is -1.86. The van der Waals surface area contributed by atoms with Gasteiger partial charge >= 0.3 is 5.97 Å². The molecule has 1 aromatic heterocycles. The van der Waals surface area contributed by atoms with Crippen molar-refractivity contribution < 1.29 is 28.6 Å². The molecule has 0 aliphatic carbocycles. The van der Waals surface area contributed by atoms with Crippen molar-refractivity contribution in [3.8, 4) is 0 Å². The molecule has 0 saturated carbocycles. The quantitative estimate of drug-likeness (QED) is 0.848. The van der Waals surface area contributed by atoms with Crippen LogP contribution in [0.4, 0.5) is 0 Å². The topological polar surface area (TPSA) is 89.2 Å². The van der Waals surface area contributed by atoms with E-state index in [1.54, 1.807) is 12.1 Å². The zero-order chi connectivity index (χ0) is 13.8. The number of carbonyl (C=O) groups excluding carboxylic acids is 1. The highest BCUT2D eigenvalue weighted by Crippen LogP contribution is 2.14. The van der Waals surface area contributed by atoms with Crippen LogP contribution < -0.4 is 0 Å². The maximum atomic E-state index is 12.1. The van der Waals surface area contributed by atoms with Gasteiger partial charge in [-0.15, -0.1) is 0 Å². The van der Waals surface area contributed by atoms with Crippen molar-refractivity contribution in [1.82, 2.24) is 4.90 Å². The number of aliphatic carboxylic acids is 1. The minimum atomic E-state index is -1.07. The molecule has 1 unspecified atom stereocenters. The summed E-state index contributed by atoms with van der Waals surface area (Å²) in [7, 11) is 1.53. The molecular weight excluding hydrogens is 254 g/mol. The molecule has 1 aliphatic rings. The van der Waals surface area contributed by atoms with Crippen LogP contribution in [0.3, 0.4) is 0 Å². The van der Waals surface area contributed by atoms with Crippen molar-refractivity contribution in [1.29, 1.82) is 0 Å². The summed E-state index contributed by atoms with van der Waals surface area (Å²) in [6, 6.07) is 3.22. The molecule has 1 atom stereocenters. The molecule has 1 N–H and O–H groups in total. The number of hydrogen-bond acceptors (Lipinski definition) is 5. The molecule has 7 heteroatoms. The van der Waals surface area contributed by atoms with Crippen LogP contribution in [0.5, 0.6) is 0 Å². The van der Waals surface area contributed by atoms with Gasteiger partial charge in [-0.2, -0.15) is 0 Å². The van der Waals surface area contributed by atoms with Crippen molar-refractivity contribution in [2.75, 3.05) is 26.8 Å². The first kappa shape index (κ1) is 13.6. The largest absolute Gasteiger partial charge is 0.479 e. The molecule has 1 fully saturated rings. The number of carboxylic acids is 1. The van der Waals surface area contributed by atoms with Crippen molar-refractivity contribution >= 4 is 11.9 Å². The van der Waals surface area contributed by atoms with Crippen LogP contribution in [0.25, 0.3) is 0 Å². The SMILES string of the molecule is COCc1ccc(C(=O)N2CCOC(C(=O)O)C2)o1. The summed E-state index contributed by atoms with van der Waals surface area (Å²) in [6.45, 7) is 0.861. The highest BCUT2D eigenvalue weighted by Gasteiger charge is 2.30. The zero-order valence-corrected chi connectivity index (χ0v) is 10.5. The van der Waals surface area contributed by atoms with Crippen molar-refractivity contribution in [2.24, 2.45) is 0 Å². The lowest BCUT2D eigenvalue weighted by molar-refractivity contribution is -0.154. The predicted molar refractivity (Wildman–Crippen MR) is 62.7 cm³/mol. The van der Waals surface area contributed by atoms with Crippen molar-refractivity contribution in [3.05, 3.63) is 23.7 Å². The molecule has 0 radical (unpaired) electrons. The fourth-order valence-electron chi connectivity index (χ4n) is 1.85. The first-order valence-electron chi connectivity index (χ1n) is 5.83. The number of hydrogen-bond donors (Lipinski definition) is 1. The maximum absolute atomic E-state index is 12.1. The number of methoxy groups -OCH3 is 1. The fourth-order valence-corrected chi connectivity index (χ4v) is 1.85. The van der Waals surface area contributed by atoms with Crippen LogP contribution >= 0.6 is 0 Å². The Balaban J connectivity index is 2.03. The second-order valence-electron chi connectivity index (χ2n) is 4.15. The van der Waals surface area contributed by atoms with E-state index in [2.05, 4.69) is 0 Å². The number of carbonyl (C=O) groups is 2. The van der Waals surface area contributed by atoms with Crippen LogP contribution in [0.2, 0.25) is 0 Å². The Morgan fingerprint density at radius 1 is 1.53 bits per heavy atom. The molecule has 0 aromatic carbocycles. The third-order valence-electron chi connectivity index (χ3n) is 2.79. The first-order valence-corrected chi connectivity index (χ1v) is 5.83. The monoisotopic (exact) mass is 269 g/mol. The summed E-state index contributed by atoms with van der Waals surface area (Å²) in [4.78, 5) is 24.4. The van der Waals surface area contributed by atoms with Crippen LogP contribution in [0, 0.1) is 0 Å². The number of morpholine rings is 1. The predicted octanol–water partition coefficient (Wildman–Crippen LogP) is 0.352. The van der Waals surface area contributed by atoms with Crippen LogP contribution in [0.15, 0.2) is 16.5 Å². The van der Waals surface area contributed by atoms with E-state index in [1.807, 2.05) is 0 Å². The minimum Gasteiger partial charge on any atom is -0.479 e. The molecule has 2 rings (SSSR count). The number of ether oxygens (including phenoxy) is 2. The van der Waals surface area contributed by atoms with E-state index >= 15 is 0 Å². The Labute approximate surface area is 109 Å². The first-order chi connectivity index (χ1) is 9.11. The van der Waals surface area contributed by atoms with E-state index in [0.717, 1.165) is 0 Å².